The van der Waals surface area contributed by atoms with Crippen LogP contribution in [0.3, 0.4) is 0 Å². The summed E-state index contributed by atoms with van der Waals surface area (Å²) in [7, 11) is 0. The topological polar surface area (TPSA) is 65.5 Å². The van der Waals surface area contributed by atoms with Gasteiger partial charge in [-0.15, -0.1) is 0 Å². The van der Waals surface area contributed by atoms with E-state index in [1.165, 1.54) is 18.3 Å². The van der Waals surface area contributed by atoms with E-state index >= 15 is 0 Å². The number of benzene rings is 2. The summed E-state index contributed by atoms with van der Waals surface area (Å²) in [4.78, 5) is 32.6. The van der Waals surface area contributed by atoms with Crippen molar-refractivity contribution in [3.8, 4) is 0 Å². The van der Waals surface area contributed by atoms with E-state index in [-0.39, 0.29) is 11.8 Å². The maximum Gasteiger partial charge on any atom is 0.254 e. The SMILES string of the molecule is CC(=O)Nc1nc2ccc(C(=O)N3CCN(c4cccc(Cl)c4)CC3)cc2s1. The molecule has 0 radical (unpaired) electrons. The predicted molar refractivity (Wildman–Crippen MR) is 113 cm³/mol. The Balaban J connectivity index is 1.45. The van der Waals surface area contributed by atoms with Crippen molar-refractivity contribution in [3.05, 3.63) is 53.1 Å². The molecule has 0 aliphatic carbocycles. The van der Waals surface area contributed by atoms with Crippen molar-refractivity contribution in [2.24, 2.45) is 0 Å². The lowest BCUT2D eigenvalue weighted by Gasteiger charge is -2.36. The van der Waals surface area contributed by atoms with Gasteiger partial charge in [-0.05, 0) is 36.4 Å². The van der Waals surface area contributed by atoms with Gasteiger partial charge in [0, 0.05) is 49.4 Å². The maximum absolute atomic E-state index is 12.9. The highest BCUT2D eigenvalue weighted by Crippen LogP contribution is 2.27. The van der Waals surface area contributed by atoms with E-state index in [1.807, 2.05) is 41.3 Å². The van der Waals surface area contributed by atoms with E-state index in [2.05, 4.69) is 15.2 Å². The molecule has 0 atom stereocenters. The number of halogens is 1. The maximum atomic E-state index is 12.9. The van der Waals surface area contributed by atoms with Crippen LogP contribution in [0.1, 0.15) is 17.3 Å². The van der Waals surface area contributed by atoms with Gasteiger partial charge >= 0.3 is 0 Å². The van der Waals surface area contributed by atoms with Crippen molar-refractivity contribution in [1.29, 1.82) is 0 Å². The Morgan fingerprint density at radius 2 is 1.89 bits per heavy atom. The third kappa shape index (κ3) is 3.95. The fraction of sp³-hybridized carbons (Fsp3) is 0.250. The van der Waals surface area contributed by atoms with E-state index in [9.17, 15) is 9.59 Å². The van der Waals surface area contributed by atoms with Crippen molar-refractivity contribution < 1.29 is 9.59 Å². The zero-order chi connectivity index (χ0) is 19.7. The monoisotopic (exact) mass is 414 g/mol. The predicted octanol–water partition coefficient (Wildman–Crippen LogP) is 3.87. The lowest BCUT2D eigenvalue weighted by molar-refractivity contribution is -0.114. The van der Waals surface area contributed by atoms with Gasteiger partial charge in [-0.2, -0.15) is 0 Å². The molecule has 8 heteroatoms. The van der Waals surface area contributed by atoms with Crippen LogP contribution >= 0.6 is 22.9 Å². The number of thiazole rings is 1. The van der Waals surface area contributed by atoms with Crippen molar-refractivity contribution in [1.82, 2.24) is 9.88 Å². The lowest BCUT2D eigenvalue weighted by Crippen LogP contribution is -2.48. The van der Waals surface area contributed by atoms with Crippen LogP contribution in [0, 0.1) is 0 Å². The number of rotatable bonds is 3. The van der Waals surface area contributed by atoms with Crippen LogP contribution in [0.15, 0.2) is 42.5 Å². The van der Waals surface area contributed by atoms with Crippen LogP contribution in [-0.4, -0.2) is 47.9 Å². The van der Waals surface area contributed by atoms with Crippen molar-refractivity contribution in [3.63, 3.8) is 0 Å². The second kappa shape index (κ2) is 7.77. The molecular weight excluding hydrogens is 396 g/mol. The second-order valence-corrected chi connectivity index (χ2v) is 8.11. The summed E-state index contributed by atoms with van der Waals surface area (Å²) in [5, 5.41) is 3.95. The molecule has 3 aromatic rings. The molecule has 4 rings (SSSR count). The van der Waals surface area contributed by atoms with Gasteiger partial charge in [-0.25, -0.2) is 4.98 Å². The molecule has 0 unspecified atom stereocenters. The quantitative estimate of drug-likeness (QED) is 0.706. The third-order valence-corrected chi connectivity index (χ3v) is 5.83. The number of piperazine rings is 1. The largest absolute Gasteiger partial charge is 0.368 e. The first-order chi connectivity index (χ1) is 13.5. The third-order valence-electron chi connectivity index (χ3n) is 4.66. The molecule has 1 saturated heterocycles. The molecule has 144 valence electrons. The van der Waals surface area contributed by atoms with Crippen LogP contribution in [0.25, 0.3) is 10.2 Å². The molecule has 1 aliphatic rings. The Kier molecular flexibility index (Phi) is 5.19. The van der Waals surface area contributed by atoms with Crippen LogP contribution in [0.4, 0.5) is 10.8 Å². The number of fused-ring (bicyclic) bond motifs is 1. The average Bonchev–Trinajstić information content (AvgIpc) is 3.08. The molecule has 2 aromatic carbocycles. The van der Waals surface area contributed by atoms with Crippen molar-refractivity contribution >= 4 is 55.8 Å². The van der Waals surface area contributed by atoms with Crippen LogP contribution in [0.2, 0.25) is 5.02 Å². The van der Waals surface area contributed by atoms with Gasteiger partial charge in [0.1, 0.15) is 0 Å². The van der Waals surface area contributed by atoms with Gasteiger partial charge in [0.25, 0.3) is 5.91 Å². The Labute approximate surface area is 171 Å². The molecule has 0 bridgehead atoms. The number of hydrogen-bond donors (Lipinski definition) is 1. The Hall–Kier alpha value is -2.64. The summed E-state index contributed by atoms with van der Waals surface area (Å²) in [6.07, 6.45) is 0. The fourth-order valence-corrected chi connectivity index (χ4v) is 4.42. The van der Waals surface area contributed by atoms with Gasteiger partial charge < -0.3 is 15.1 Å². The smallest absolute Gasteiger partial charge is 0.254 e. The second-order valence-electron chi connectivity index (χ2n) is 6.64. The Morgan fingerprint density at radius 1 is 1.11 bits per heavy atom. The first kappa shape index (κ1) is 18.7. The molecule has 0 spiro atoms. The Bertz CT molecular complexity index is 1040. The summed E-state index contributed by atoms with van der Waals surface area (Å²) in [6, 6.07) is 13.3. The normalized spacial score (nSPS) is 14.4. The average molecular weight is 415 g/mol. The number of carbonyl (C=O) groups is 2. The van der Waals surface area contributed by atoms with Gasteiger partial charge in [-0.3, -0.25) is 9.59 Å². The number of anilines is 2. The number of aromatic nitrogens is 1. The molecule has 6 nitrogen and oxygen atoms in total. The molecular formula is C20H19ClN4O2S. The van der Waals surface area contributed by atoms with Gasteiger partial charge in [0.15, 0.2) is 5.13 Å². The minimum absolute atomic E-state index is 0.0159. The number of carbonyl (C=O) groups excluding carboxylic acids is 2. The molecule has 28 heavy (non-hydrogen) atoms. The highest BCUT2D eigenvalue weighted by molar-refractivity contribution is 7.22. The summed E-state index contributed by atoms with van der Waals surface area (Å²) in [5.74, 6) is -0.143. The summed E-state index contributed by atoms with van der Waals surface area (Å²) in [5.41, 5.74) is 2.49. The van der Waals surface area contributed by atoms with E-state index in [1.54, 1.807) is 6.07 Å². The number of hydrogen-bond acceptors (Lipinski definition) is 5. The van der Waals surface area contributed by atoms with E-state index < -0.39 is 0 Å². The molecule has 0 saturated carbocycles. The highest BCUT2D eigenvalue weighted by Gasteiger charge is 2.23. The minimum Gasteiger partial charge on any atom is -0.368 e. The van der Waals surface area contributed by atoms with E-state index in [4.69, 9.17) is 11.6 Å². The van der Waals surface area contributed by atoms with Crippen LogP contribution < -0.4 is 10.2 Å². The summed E-state index contributed by atoms with van der Waals surface area (Å²) >= 11 is 7.45. The zero-order valence-corrected chi connectivity index (χ0v) is 16.9. The minimum atomic E-state index is -0.159. The van der Waals surface area contributed by atoms with Crippen molar-refractivity contribution in [2.45, 2.75) is 6.92 Å². The molecule has 1 N–H and O–H groups in total. The number of nitrogens with zero attached hydrogens (tertiary/aromatic N) is 3. The van der Waals surface area contributed by atoms with Gasteiger partial charge in [0.2, 0.25) is 5.91 Å². The molecule has 2 heterocycles. The molecule has 2 amide bonds. The lowest BCUT2D eigenvalue weighted by atomic mass is 10.1. The molecule has 1 aromatic heterocycles. The first-order valence-electron chi connectivity index (χ1n) is 8.97. The summed E-state index contributed by atoms with van der Waals surface area (Å²) < 4.78 is 0.882. The van der Waals surface area contributed by atoms with Crippen LogP contribution in [-0.2, 0) is 4.79 Å². The number of nitrogens with one attached hydrogen (secondary N) is 1. The highest BCUT2D eigenvalue weighted by atomic mass is 35.5. The Morgan fingerprint density at radius 3 is 2.61 bits per heavy atom. The molecule has 1 aliphatic heterocycles. The zero-order valence-electron chi connectivity index (χ0n) is 15.3. The van der Waals surface area contributed by atoms with E-state index in [0.717, 1.165) is 29.0 Å². The number of amides is 2. The fourth-order valence-electron chi connectivity index (χ4n) is 3.28. The van der Waals surface area contributed by atoms with Gasteiger partial charge in [-0.1, -0.05) is 29.0 Å². The van der Waals surface area contributed by atoms with Gasteiger partial charge in [0.05, 0.1) is 10.2 Å². The molecule has 1 fully saturated rings. The van der Waals surface area contributed by atoms with Crippen molar-refractivity contribution in [2.75, 3.05) is 36.4 Å². The first-order valence-corrected chi connectivity index (χ1v) is 10.2. The summed E-state index contributed by atoms with van der Waals surface area (Å²) in [6.45, 7) is 4.29. The van der Waals surface area contributed by atoms with Crippen LogP contribution in [0.5, 0.6) is 0 Å². The standard InChI is InChI=1S/C20H19ClN4O2S/c1-13(26)22-20-23-17-6-5-14(11-18(17)28-20)19(27)25-9-7-24(8-10-25)16-4-2-3-15(21)12-16/h2-6,11-12H,7-10H2,1H3,(H,22,23,26). The van der Waals surface area contributed by atoms with E-state index in [0.29, 0.717) is 28.8 Å².